The second-order valence-corrected chi connectivity index (χ2v) is 6.77. The van der Waals surface area contributed by atoms with Crippen molar-refractivity contribution in [3.05, 3.63) is 35.7 Å². The van der Waals surface area contributed by atoms with Crippen LogP contribution in [0.1, 0.15) is 52.8 Å². The van der Waals surface area contributed by atoms with E-state index in [2.05, 4.69) is 63.3 Å². The van der Waals surface area contributed by atoms with Crippen LogP contribution >= 0.6 is 0 Å². The second-order valence-electron chi connectivity index (χ2n) is 6.77. The molecule has 2 aromatic heterocycles. The van der Waals surface area contributed by atoms with Crippen molar-refractivity contribution >= 4 is 5.52 Å². The Hall–Kier alpha value is -1.31. The molecule has 2 heteroatoms. The fourth-order valence-corrected chi connectivity index (χ4v) is 2.30. The summed E-state index contributed by atoms with van der Waals surface area (Å²) in [7, 11) is 0. The fourth-order valence-electron chi connectivity index (χ4n) is 2.30. The molecule has 2 heterocycles. The first-order valence-electron chi connectivity index (χ1n) is 6.19. The van der Waals surface area contributed by atoms with Crippen LogP contribution < -0.4 is 0 Å². The summed E-state index contributed by atoms with van der Waals surface area (Å²) in [4.78, 5) is 0. The molecule has 0 atom stereocenters. The predicted molar refractivity (Wildman–Crippen MR) is 72.6 cm³/mol. The third-order valence-corrected chi connectivity index (χ3v) is 3.06. The van der Waals surface area contributed by atoms with Gasteiger partial charge in [-0.15, -0.1) is 0 Å². The molecule has 92 valence electrons. The van der Waals surface area contributed by atoms with Crippen molar-refractivity contribution < 1.29 is 0 Å². The van der Waals surface area contributed by atoms with Crippen LogP contribution in [0.3, 0.4) is 0 Å². The van der Waals surface area contributed by atoms with Crippen LogP contribution in [0.4, 0.5) is 0 Å². The van der Waals surface area contributed by atoms with Crippen LogP contribution in [0, 0.1) is 0 Å². The molecular weight excluding hydrogens is 208 g/mol. The maximum absolute atomic E-state index is 4.50. The van der Waals surface area contributed by atoms with Gasteiger partial charge in [-0.1, -0.05) is 41.5 Å². The van der Waals surface area contributed by atoms with Gasteiger partial charge >= 0.3 is 0 Å². The third kappa shape index (κ3) is 2.08. The van der Waals surface area contributed by atoms with Gasteiger partial charge in [0.2, 0.25) is 0 Å². The van der Waals surface area contributed by atoms with Crippen LogP contribution in [-0.2, 0) is 10.8 Å². The Labute approximate surface area is 104 Å². The molecule has 0 aliphatic heterocycles. The monoisotopic (exact) mass is 230 g/mol. The van der Waals surface area contributed by atoms with Crippen molar-refractivity contribution in [2.24, 2.45) is 0 Å². The van der Waals surface area contributed by atoms with E-state index in [0.717, 1.165) is 0 Å². The summed E-state index contributed by atoms with van der Waals surface area (Å²) in [6.45, 7) is 13.5. The second kappa shape index (κ2) is 3.59. The molecule has 0 fully saturated rings. The van der Waals surface area contributed by atoms with Gasteiger partial charge in [-0.2, -0.15) is 5.10 Å². The zero-order valence-corrected chi connectivity index (χ0v) is 11.7. The molecule has 0 unspecified atom stereocenters. The van der Waals surface area contributed by atoms with Gasteiger partial charge in [-0.25, -0.2) is 4.52 Å². The van der Waals surface area contributed by atoms with E-state index in [9.17, 15) is 0 Å². The standard InChI is InChI=1S/C15H22N2/c1-14(2,3)12-10-11-8-7-9-16-17(11)13(12)15(4,5)6/h7-10H,1-6H3. The van der Waals surface area contributed by atoms with E-state index in [-0.39, 0.29) is 10.8 Å². The summed E-state index contributed by atoms with van der Waals surface area (Å²) in [5.74, 6) is 0. The minimum atomic E-state index is 0.101. The Morgan fingerprint density at radius 1 is 1.00 bits per heavy atom. The maximum atomic E-state index is 4.50. The predicted octanol–water partition coefficient (Wildman–Crippen LogP) is 3.93. The van der Waals surface area contributed by atoms with Gasteiger partial charge in [0.05, 0.1) is 11.2 Å². The van der Waals surface area contributed by atoms with Crippen LogP contribution in [0.5, 0.6) is 0 Å². The van der Waals surface area contributed by atoms with E-state index in [1.807, 2.05) is 12.3 Å². The van der Waals surface area contributed by atoms with Gasteiger partial charge in [0, 0.05) is 11.6 Å². The summed E-state index contributed by atoms with van der Waals surface area (Å²) < 4.78 is 2.08. The van der Waals surface area contributed by atoms with Crippen molar-refractivity contribution in [3.63, 3.8) is 0 Å². The van der Waals surface area contributed by atoms with Gasteiger partial charge in [0.25, 0.3) is 0 Å². The minimum absolute atomic E-state index is 0.101. The van der Waals surface area contributed by atoms with Crippen LogP contribution in [0.2, 0.25) is 0 Å². The normalized spacial score (nSPS) is 13.3. The number of rotatable bonds is 0. The van der Waals surface area contributed by atoms with Crippen LogP contribution in [0.25, 0.3) is 5.52 Å². The Bertz CT molecular complexity index is 536. The first kappa shape index (κ1) is 12.2. The fraction of sp³-hybridized carbons (Fsp3) is 0.533. The molecule has 0 radical (unpaired) electrons. The maximum Gasteiger partial charge on any atom is 0.0653 e. The highest BCUT2D eigenvalue weighted by Crippen LogP contribution is 2.35. The van der Waals surface area contributed by atoms with Gasteiger partial charge in [-0.3, -0.25) is 0 Å². The van der Waals surface area contributed by atoms with Crippen molar-refractivity contribution in [1.29, 1.82) is 0 Å². The van der Waals surface area contributed by atoms with E-state index in [4.69, 9.17) is 0 Å². The molecule has 0 saturated heterocycles. The number of nitrogens with zero attached hydrogens (tertiary/aromatic N) is 2. The van der Waals surface area contributed by atoms with Gasteiger partial charge in [-0.05, 0) is 29.2 Å². The number of aromatic nitrogens is 2. The lowest BCUT2D eigenvalue weighted by Crippen LogP contribution is -2.22. The molecule has 0 bridgehead atoms. The molecule has 0 amide bonds. The van der Waals surface area contributed by atoms with Crippen molar-refractivity contribution in [3.8, 4) is 0 Å². The SMILES string of the molecule is CC(C)(C)c1cc2cccnn2c1C(C)(C)C. The van der Waals surface area contributed by atoms with E-state index in [1.54, 1.807) is 0 Å². The lowest BCUT2D eigenvalue weighted by Gasteiger charge is -2.26. The Morgan fingerprint density at radius 3 is 2.18 bits per heavy atom. The molecule has 0 aliphatic rings. The summed E-state index contributed by atoms with van der Waals surface area (Å²) in [6.07, 6.45) is 1.86. The highest BCUT2D eigenvalue weighted by Gasteiger charge is 2.29. The average Bonchev–Trinajstić information content (AvgIpc) is 2.54. The first-order valence-corrected chi connectivity index (χ1v) is 6.19. The van der Waals surface area contributed by atoms with E-state index in [1.165, 1.54) is 16.8 Å². The topological polar surface area (TPSA) is 17.3 Å². The highest BCUT2D eigenvalue weighted by molar-refractivity contribution is 5.55. The summed E-state index contributed by atoms with van der Waals surface area (Å²) in [5.41, 5.74) is 4.14. The molecule has 0 spiro atoms. The Morgan fingerprint density at radius 2 is 1.65 bits per heavy atom. The largest absolute Gasteiger partial charge is 0.237 e. The van der Waals surface area contributed by atoms with Crippen molar-refractivity contribution in [1.82, 2.24) is 9.61 Å². The molecule has 2 nitrogen and oxygen atoms in total. The lowest BCUT2D eigenvalue weighted by molar-refractivity contribution is 0.506. The van der Waals surface area contributed by atoms with Gasteiger partial charge < -0.3 is 0 Å². The molecule has 0 aromatic carbocycles. The smallest absolute Gasteiger partial charge is 0.0653 e. The summed E-state index contributed by atoms with van der Waals surface area (Å²) in [5, 5.41) is 4.50. The highest BCUT2D eigenvalue weighted by atomic mass is 15.2. The zero-order chi connectivity index (χ0) is 12.8. The van der Waals surface area contributed by atoms with Gasteiger partial charge in [0.15, 0.2) is 0 Å². The van der Waals surface area contributed by atoms with Crippen molar-refractivity contribution in [2.45, 2.75) is 52.4 Å². The molecule has 17 heavy (non-hydrogen) atoms. The molecule has 2 rings (SSSR count). The molecule has 2 aromatic rings. The van der Waals surface area contributed by atoms with E-state index < -0.39 is 0 Å². The number of hydrogen-bond donors (Lipinski definition) is 0. The lowest BCUT2D eigenvalue weighted by atomic mass is 9.79. The van der Waals surface area contributed by atoms with E-state index in [0.29, 0.717) is 0 Å². The molecular formula is C15H22N2. The Balaban J connectivity index is 2.84. The molecule has 0 N–H and O–H groups in total. The molecule has 0 aliphatic carbocycles. The minimum Gasteiger partial charge on any atom is -0.237 e. The Kier molecular flexibility index (Phi) is 2.57. The van der Waals surface area contributed by atoms with Crippen molar-refractivity contribution in [2.75, 3.05) is 0 Å². The summed E-state index contributed by atoms with van der Waals surface area (Å²) >= 11 is 0. The first-order chi connectivity index (χ1) is 7.71. The molecule has 0 saturated carbocycles. The quantitative estimate of drug-likeness (QED) is 0.670. The average molecular weight is 230 g/mol. The number of hydrogen-bond acceptors (Lipinski definition) is 1. The van der Waals surface area contributed by atoms with Crippen LogP contribution in [-0.4, -0.2) is 9.61 Å². The number of fused-ring (bicyclic) bond motifs is 1. The van der Waals surface area contributed by atoms with Crippen LogP contribution in [0.15, 0.2) is 24.4 Å². The van der Waals surface area contributed by atoms with E-state index >= 15 is 0 Å². The zero-order valence-electron chi connectivity index (χ0n) is 11.7. The third-order valence-electron chi connectivity index (χ3n) is 3.06. The summed E-state index contributed by atoms with van der Waals surface area (Å²) in [6, 6.07) is 6.39. The van der Waals surface area contributed by atoms with Gasteiger partial charge in [0.1, 0.15) is 0 Å².